The molecule has 2 aromatic rings. The van der Waals surface area contributed by atoms with Crippen LogP contribution in [0.4, 0.5) is 11.4 Å². The molecule has 0 aliphatic heterocycles. The fourth-order valence-electron chi connectivity index (χ4n) is 1.40. The van der Waals surface area contributed by atoms with E-state index in [0.29, 0.717) is 17.1 Å². The van der Waals surface area contributed by atoms with E-state index in [1.54, 1.807) is 30.5 Å². The summed E-state index contributed by atoms with van der Waals surface area (Å²) < 4.78 is 0.918. The number of amides is 1. The molecule has 2 rings (SSSR count). The van der Waals surface area contributed by atoms with Crippen LogP contribution in [0, 0.1) is 0 Å². The molecule has 0 unspecified atom stereocenters. The van der Waals surface area contributed by atoms with Crippen molar-refractivity contribution in [1.29, 1.82) is 0 Å². The number of benzene rings is 1. The second-order valence-corrected chi connectivity index (χ2v) is 5.69. The number of hydrogen-bond donors (Lipinski definition) is 2. The van der Waals surface area contributed by atoms with Crippen molar-refractivity contribution < 1.29 is 4.79 Å². The zero-order valence-corrected chi connectivity index (χ0v) is 12.4. The highest BCUT2D eigenvalue weighted by Gasteiger charge is 2.04. The van der Waals surface area contributed by atoms with Gasteiger partial charge >= 0.3 is 0 Å². The summed E-state index contributed by atoms with van der Waals surface area (Å²) in [6.45, 7) is 0. The number of anilines is 2. The first-order valence-electron chi connectivity index (χ1n) is 5.53. The van der Waals surface area contributed by atoms with Crippen molar-refractivity contribution in [2.75, 3.05) is 16.8 Å². The minimum absolute atomic E-state index is 0.0830. The first kappa shape index (κ1) is 13.9. The Balaban J connectivity index is 1.86. The van der Waals surface area contributed by atoms with Crippen molar-refractivity contribution in [3.63, 3.8) is 0 Å². The molecule has 0 fully saturated rings. The monoisotopic (exact) mass is 337 g/mol. The number of hydrogen-bond acceptors (Lipinski definition) is 4. The fraction of sp³-hybridized carbons (Fsp3) is 0.0769. The number of aromatic nitrogens is 1. The van der Waals surface area contributed by atoms with E-state index in [-0.39, 0.29) is 5.91 Å². The van der Waals surface area contributed by atoms with E-state index >= 15 is 0 Å². The summed E-state index contributed by atoms with van der Waals surface area (Å²) >= 11 is 4.70. The predicted molar refractivity (Wildman–Crippen MR) is 82.1 cm³/mol. The number of rotatable bonds is 4. The smallest absolute Gasteiger partial charge is 0.234 e. The molecule has 1 aromatic heterocycles. The lowest BCUT2D eigenvalue weighted by molar-refractivity contribution is -0.113. The minimum Gasteiger partial charge on any atom is -0.399 e. The first-order valence-corrected chi connectivity index (χ1v) is 7.31. The second-order valence-electron chi connectivity index (χ2n) is 3.78. The Morgan fingerprint density at radius 3 is 2.89 bits per heavy atom. The third kappa shape index (κ3) is 4.57. The van der Waals surface area contributed by atoms with Crippen LogP contribution < -0.4 is 11.1 Å². The quantitative estimate of drug-likeness (QED) is 0.664. The second kappa shape index (κ2) is 6.58. The van der Waals surface area contributed by atoms with Gasteiger partial charge in [0.15, 0.2) is 0 Å². The van der Waals surface area contributed by atoms with Gasteiger partial charge in [0.1, 0.15) is 0 Å². The molecule has 0 bridgehead atoms. The third-order valence-corrected chi connectivity index (χ3v) is 3.63. The Morgan fingerprint density at radius 2 is 2.21 bits per heavy atom. The van der Waals surface area contributed by atoms with Crippen molar-refractivity contribution in [1.82, 2.24) is 4.98 Å². The summed E-state index contributed by atoms with van der Waals surface area (Å²) in [5.41, 5.74) is 6.97. The average Bonchev–Trinajstić information content (AvgIpc) is 2.38. The number of carbonyl (C=O) groups excluding carboxylic acids is 1. The Bertz CT molecular complexity index is 574. The van der Waals surface area contributed by atoms with Crippen molar-refractivity contribution in [2.24, 2.45) is 0 Å². The van der Waals surface area contributed by atoms with E-state index in [0.717, 1.165) is 9.50 Å². The van der Waals surface area contributed by atoms with E-state index in [1.807, 2.05) is 12.1 Å². The van der Waals surface area contributed by atoms with Crippen LogP contribution in [-0.4, -0.2) is 16.6 Å². The summed E-state index contributed by atoms with van der Waals surface area (Å²) in [7, 11) is 0. The van der Waals surface area contributed by atoms with Gasteiger partial charge in [0, 0.05) is 22.0 Å². The molecule has 0 saturated heterocycles. The SMILES string of the molecule is Nc1cccc(NC(=O)CSc2ccc(Br)cn2)c1. The zero-order valence-electron chi connectivity index (χ0n) is 9.97. The van der Waals surface area contributed by atoms with E-state index in [1.165, 1.54) is 11.8 Å². The Labute approximate surface area is 123 Å². The molecule has 1 aromatic carbocycles. The van der Waals surface area contributed by atoms with Gasteiger partial charge in [-0.1, -0.05) is 17.8 Å². The fourth-order valence-corrected chi connectivity index (χ4v) is 2.28. The van der Waals surface area contributed by atoms with Gasteiger partial charge in [-0.2, -0.15) is 0 Å². The molecule has 0 spiro atoms. The van der Waals surface area contributed by atoms with Gasteiger partial charge in [-0.15, -0.1) is 0 Å². The van der Waals surface area contributed by atoms with Crippen LogP contribution in [0.15, 0.2) is 52.1 Å². The molecule has 0 aliphatic rings. The molecule has 1 amide bonds. The van der Waals surface area contributed by atoms with Crippen LogP contribution >= 0.6 is 27.7 Å². The van der Waals surface area contributed by atoms with Crippen LogP contribution in [0.1, 0.15) is 0 Å². The molecule has 3 N–H and O–H groups in total. The highest BCUT2D eigenvalue weighted by molar-refractivity contribution is 9.10. The lowest BCUT2D eigenvalue weighted by atomic mass is 10.3. The van der Waals surface area contributed by atoms with Gasteiger partial charge in [-0.05, 0) is 46.3 Å². The Kier molecular flexibility index (Phi) is 4.81. The predicted octanol–water partition coefficient (Wildman–Crippen LogP) is 3.16. The summed E-state index contributed by atoms with van der Waals surface area (Å²) in [5, 5.41) is 3.60. The van der Waals surface area contributed by atoms with E-state index in [9.17, 15) is 4.79 Å². The summed E-state index contributed by atoms with van der Waals surface area (Å²) in [6, 6.07) is 10.9. The molecule has 0 saturated carbocycles. The number of nitrogens with two attached hydrogens (primary N) is 1. The van der Waals surface area contributed by atoms with Gasteiger partial charge in [0.2, 0.25) is 5.91 Å². The normalized spacial score (nSPS) is 10.2. The number of nitrogens with one attached hydrogen (secondary N) is 1. The van der Waals surface area contributed by atoms with Crippen LogP contribution in [-0.2, 0) is 4.79 Å². The zero-order chi connectivity index (χ0) is 13.7. The number of pyridine rings is 1. The number of carbonyl (C=O) groups is 1. The maximum Gasteiger partial charge on any atom is 0.234 e. The molecule has 1 heterocycles. The maximum atomic E-state index is 11.8. The topological polar surface area (TPSA) is 68.0 Å². The molecule has 6 heteroatoms. The van der Waals surface area contributed by atoms with Gasteiger partial charge in [-0.25, -0.2) is 4.98 Å². The van der Waals surface area contributed by atoms with Gasteiger partial charge in [-0.3, -0.25) is 4.79 Å². The van der Waals surface area contributed by atoms with E-state index in [2.05, 4.69) is 26.2 Å². The van der Waals surface area contributed by atoms with Crippen LogP contribution in [0.5, 0.6) is 0 Å². The summed E-state index contributed by atoms with van der Waals surface area (Å²) in [6.07, 6.45) is 1.71. The molecule has 19 heavy (non-hydrogen) atoms. The highest BCUT2D eigenvalue weighted by atomic mass is 79.9. The van der Waals surface area contributed by atoms with Crippen LogP contribution in [0.2, 0.25) is 0 Å². The third-order valence-electron chi connectivity index (χ3n) is 2.22. The Morgan fingerprint density at radius 1 is 1.37 bits per heavy atom. The number of halogens is 1. The van der Waals surface area contributed by atoms with Crippen LogP contribution in [0.25, 0.3) is 0 Å². The molecule has 98 valence electrons. The number of nitrogen functional groups attached to an aromatic ring is 1. The maximum absolute atomic E-state index is 11.8. The van der Waals surface area contributed by atoms with Gasteiger partial charge in [0.25, 0.3) is 0 Å². The van der Waals surface area contributed by atoms with Gasteiger partial charge in [0.05, 0.1) is 10.8 Å². The van der Waals surface area contributed by atoms with Crippen molar-refractivity contribution in [3.8, 4) is 0 Å². The van der Waals surface area contributed by atoms with Gasteiger partial charge < -0.3 is 11.1 Å². The molecule has 0 atom stereocenters. The highest BCUT2D eigenvalue weighted by Crippen LogP contribution is 2.18. The van der Waals surface area contributed by atoms with Crippen LogP contribution in [0.3, 0.4) is 0 Å². The summed E-state index contributed by atoms with van der Waals surface area (Å²) in [5.74, 6) is 0.226. The molecule has 0 radical (unpaired) electrons. The minimum atomic E-state index is -0.0830. The molecule has 0 aliphatic carbocycles. The molecule has 4 nitrogen and oxygen atoms in total. The van der Waals surface area contributed by atoms with Crippen molar-refractivity contribution in [3.05, 3.63) is 47.1 Å². The number of thioether (sulfide) groups is 1. The van der Waals surface area contributed by atoms with Crippen molar-refractivity contribution >= 4 is 45.0 Å². The average molecular weight is 338 g/mol. The van der Waals surface area contributed by atoms with Crippen molar-refractivity contribution in [2.45, 2.75) is 5.03 Å². The standard InChI is InChI=1S/C13H12BrN3OS/c14-9-4-5-13(16-7-9)19-8-12(18)17-11-3-1-2-10(15)6-11/h1-7H,8,15H2,(H,17,18). The largest absolute Gasteiger partial charge is 0.399 e. The molecular formula is C13H12BrN3OS. The Hall–Kier alpha value is -1.53. The van der Waals surface area contributed by atoms with E-state index < -0.39 is 0 Å². The lowest BCUT2D eigenvalue weighted by Crippen LogP contribution is -2.14. The lowest BCUT2D eigenvalue weighted by Gasteiger charge is -2.05. The first-order chi connectivity index (χ1) is 9.13. The number of nitrogens with zero attached hydrogens (tertiary/aromatic N) is 1. The van der Waals surface area contributed by atoms with E-state index in [4.69, 9.17) is 5.73 Å². The molecular weight excluding hydrogens is 326 g/mol. The summed E-state index contributed by atoms with van der Waals surface area (Å²) in [4.78, 5) is 15.9.